The van der Waals surface area contributed by atoms with Crippen LogP contribution in [0.2, 0.25) is 0 Å². The van der Waals surface area contributed by atoms with Crippen LogP contribution in [0, 0.1) is 0 Å². The van der Waals surface area contributed by atoms with Crippen LogP contribution in [0.15, 0.2) is 40.9 Å². The zero-order valence-corrected chi connectivity index (χ0v) is 17.7. The highest BCUT2D eigenvalue weighted by Gasteiger charge is 2.34. The van der Waals surface area contributed by atoms with E-state index in [2.05, 4.69) is 34.2 Å². The second kappa shape index (κ2) is 8.60. The van der Waals surface area contributed by atoms with Crippen molar-refractivity contribution in [3.8, 4) is 0 Å². The van der Waals surface area contributed by atoms with Crippen molar-refractivity contribution in [2.75, 3.05) is 32.7 Å². The molecule has 3 heterocycles. The van der Waals surface area contributed by atoms with Crippen molar-refractivity contribution in [3.63, 3.8) is 0 Å². The molecule has 2 aliphatic heterocycles. The Kier molecular flexibility index (Phi) is 6.46. The summed E-state index contributed by atoms with van der Waals surface area (Å²) in [6, 6.07) is 3.87. The number of thiophene rings is 1. The second-order valence-electron chi connectivity index (χ2n) is 6.72. The van der Waals surface area contributed by atoms with Gasteiger partial charge >= 0.3 is 0 Å². The van der Waals surface area contributed by atoms with E-state index in [1.807, 2.05) is 22.4 Å². The van der Waals surface area contributed by atoms with Crippen LogP contribution in [-0.4, -0.2) is 51.5 Å². The first kappa shape index (κ1) is 18.8. The number of hydrogen-bond donors (Lipinski definition) is 2. The second-order valence-corrected chi connectivity index (χ2v) is 10.7. The van der Waals surface area contributed by atoms with Crippen LogP contribution >= 0.6 is 32.1 Å². The molecule has 0 atom stereocenters. The Bertz CT molecular complexity index is 673. The third kappa shape index (κ3) is 4.80. The first-order valence-corrected chi connectivity index (χ1v) is 12.1. The lowest BCUT2D eigenvalue weighted by Gasteiger charge is -2.39. The summed E-state index contributed by atoms with van der Waals surface area (Å²) < 4.78 is 4.62. The fraction of sp³-hybridized carbons (Fsp3) is 0.474. The van der Waals surface area contributed by atoms with Crippen LogP contribution in [-0.2, 0) is 0 Å². The molecule has 2 aliphatic rings. The fourth-order valence-corrected chi connectivity index (χ4v) is 5.66. The van der Waals surface area contributed by atoms with E-state index < -0.39 is 0 Å². The number of allylic oxidation sites excluding steroid dienone is 2. The molecule has 1 fully saturated rings. The van der Waals surface area contributed by atoms with Crippen molar-refractivity contribution >= 4 is 42.5 Å². The number of alkyl halides is 1. The topological polar surface area (TPSA) is 44.4 Å². The molecule has 0 spiro atoms. The lowest BCUT2D eigenvalue weighted by atomic mass is 9.96. The normalized spacial score (nSPS) is 19.8. The standard InChI is InChI=1S/C19H26IN3OS/c1-15-5-6-16(22-12-15)13-21-14-19(20-2)7-9-23(10-8-19)18(24)17-4-3-11-25-17/h3-6,11,21-22H,2,7-10,12-14H2,1H3. The number of nitrogens with one attached hydrogen (secondary N) is 2. The summed E-state index contributed by atoms with van der Waals surface area (Å²) in [5.41, 5.74) is 2.62. The maximum Gasteiger partial charge on any atom is 0.263 e. The lowest BCUT2D eigenvalue weighted by Crippen LogP contribution is -2.48. The Balaban J connectivity index is 1.49. The Morgan fingerprint density at radius 3 is 2.84 bits per heavy atom. The third-order valence-corrected chi connectivity index (χ3v) is 8.82. The highest BCUT2D eigenvalue weighted by Crippen LogP contribution is 2.35. The molecule has 1 aromatic heterocycles. The summed E-state index contributed by atoms with van der Waals surface area (Å²) >= 11 is 1.41. The molecule has 2 N–H and O–H groups in total. The van der Waals surface area contributed by atoms with Gasteiger partial charge in [-0.2, -0.15) is 0 Å². The van der Waals surface area contributed by atoms with Gasteiger partial charge in [-0.25, -0.2) is 0 Å². The van der Waals surface area contributed by atoms with Crippen molar-refractivity contribution in [2.45, 2.75) is 23.2 Å². The summed E-state index contributed by atoms with van der Waals surface area (Å²) in [5.74, 6) is 0.192. The van der Waals surface area contributed by atoms with E-state index in [9.17, 15) is 4.79 Å². The van der Waals surface area contributed by atoms with Gasteiger partial charge < -0.3 is 15.5 Å². The van der Waals surface area contributed by atoms with E-state index in [0.717, 1.165) is 50.4 Å². The molecule has 1 amide bonds. The number of amides is 1. The molecule has 3 rings (SSSR count). The van der Waals surface area contributed by atoms with Crippen LogP contribution in [0.5, 0.6) is 0 Å². The highest BCUT2D eigenvalue weighted by molar-refractivity contribution is 14.2. The maximum atomic E-state index is 12.5. The molecule has 1 aromatic rings. The smallest absolute Gasteiger partial charge is 0.263 e. The van der Waals surface area contributed by atoms with Gasteiger partial charge in [-0.3, -0.25) is 4.79 Å². The number of nitrogens with zero attached hydrogens (tertiary/aromatic N) is 1. The summed E-state index contributed by atoms with van der Waals surface area (Å²) in [6.07, 6.45) is 6.49. The largest absolute Gasteiger partial charge is 0.384 e. The van der Waals surface area contributed by atoms with Gasteiger partial charge in [0.25, 0.3) is 5.91 Å². The number of hydrogen-bond acceptors (Lipinski definition) is 4. The summed E-state index contributed by atoms with van der Waals surface area (Å²) in [4.78, 5) is 15.4. The average Bonchev–Trinajstić information content (AvgIpc) is 3.18. The summed E-state index contributed by atoms with van der Waals surface area (Å²) in [5, 5.41) is 9.05. The van der Waals surface area contributed by atoms with Gasteiger partial charge in [0, 0.05) is 41.8 Å². The first-order valence-electron chi connectivity index (χ1n) is 8.65. The molecule has 136 valence electrons. The SMILES string of the molecule is C=IC1(CNCC2=CC=C(C)CN2)CCN(C(=O)c2cccs2)CC1. The van der Waals surface area contributed by atoms with Crippen LogP contribution in [0.25, 0.3) is 0 Å². The minimum Gasteiger partial charge on any atom is -0.384 e. The van der Waals surface area contributed by atoms with E-state index in [-0.39, 0.29) is 26.6 Å². The number of carbonyl (C=O) groups excluding carboxylic acids is 1. The van der Waals surface area contributed by atoms with Crippen molar-refractivity contribution < 1.29 is 4.79 Å². The molecule has 0 aliphatic carbocycles. The van der Waals surface area contributed by atoms with Crippen LogP contribution in [0.3, 0.4) is 0 Å². The summed E-state index contributed by atoms with van der Waals surface area (Å²) in [6.45, 7) is 6.69. The van der Waals surface area contributed by atoms with Gasteiger partial charge in [0.1, 0.15) is 0 Å². The molecule has 25 heavy (non-hydrogen) atoms. The number of dihydropyridines is 1. The molecule has 6 heteroatoms. The summed E-state index contributed by atoms with van der Waals surface area (Å²) in [7, 11) is 0. The number of likely N-dealkylation sites (tertiary alicyclic amines) is 1. The first-order chi connectivity index (χ1) is 12.1. The molecule has 0 unspecified atom stereocenters. The number of halogens is 1. The maximum absolute atomic E-state index is 12.5. The molecular weight excluding hydrogens is 445 g/mol. The van der Waals surface area contributed by atoms with Gasteiger partial charge in [0.05, 0.1) is 4.88 Å². The van der Waals surface area contributed by atoms with Gasteiger partial charge in [-0.1, -0.05) is 22.2 Å². The van der Waals surface area contributed by atoms with E-state index in [4.69, 9.17) is 0 Å². The number of rotatable bonds is 6. The quantitative estimate of drug-likeness (QED) is 0.495. The Morgan fingerprint density at radius 1 is 1.44 bits per heavy atom. The average molecular weight is 471 g/mol. The predicted molar refractivity (Wildman–Crippen MR) is 116 cm³/mol. The van der Waals surface area contributed by atoms with Gasteiger partial charge in [-0.15, -0.1) is 32.1 Å². The van der Waals surface area contributed by atoms with Gasteiger partial charge in [0.15, 0.2) is 0 Å². The van der Waals surface area contributed by atoms with E-state index in [1.54, 1.807) is 0 Å². The van der Waals surface area contributed by atoms with Crippen molar-refractivity contribution in [2.24, 2.45) is 0 Å². The molecule has 0 aromatic carbocycles. The molecule has 0 bridgehead atoms. The molecule has 0 saturated carbocycles. The van der Waals surface area contributed by atoms with E-state index in [1.165, 1.54) is 22.6 Å². The van der Waals surface area contributed by atoms with Crippen molar-refractivity contribution in [3.05, 3.63) is 45.8 Å². The molecule has 1 saturated heterocycles. The fourth-order valence-electron chi connectivity index (χ4n) is 3.18. The lowest BCUT2D eigenvalue weighted by molar-refractivity contribution is 0.0714. The number of piperidine rings is 1. The molecular formula is C19H26IN3OS. The highest BCUT2D eigenvalue weighted by atomic mass is 127. The van der Waals surface area contributed by atoms with Gasteiger partial charge in [-0.05, 0) is 37.3 Å². The van der Waals surface area contributed by atoms with Crippen molar-refractivity contribution in [1.29, 1.82) is 0 Å². The van der Waals surface area contributed by atoms with Crippen LogP contribution in [0.4, 0.5) is 0 Å². The molecule has 4 nitrogen and oxygen atoms in total. The van der Waals surface area contributed by atoms with Crippen LogP contribution < -0.4 is 10.6 Å². The number of carbonyl (C=O) groups is 1. The van der Waals surface area contributed by atoms with E-state index in [0.29, 0.717) is 3.42 Å². The zero-order chi connectivity index (χ0) is 17.7. The Morgan fingerprint density at radius 2 is 2.24 bits per heavy atom. The van der Waals surface area contributed by atoms with Crippen LogP contribution in [0.1, 0.15) is 29.4 Å². The molecule has 0 radical (unpaired) electrons. The zero-order valence-electron chi connectivity index (χ0n) is 14.7. The third-order valence-electron chi connectivity index (χ3n) is 4.88. The Hall–Kier alpha value is -0.990. The predicted octanol–water partition coefficient (Wildman–Crippen LogP) is 3.15. The van der Waals surface area contributed by atoms with Crippen molar-refractivity contribution in [1.82, 2.24) is 15.5 Å². The van der Waals surface area contributed by atoms with E-state index >= 15 is 0 Å². The Labute approximate surface area is 164 Å². The minimum atomic E-state index is -0.124. The minimum absolute atomic E-state index is 0.124. The monoisotopic (exact) mass is 471 g/mol. The van der Waals surface area contributed by atoms with Gasteiger partial charge in [0.2, 0.25) is 0 Å².